The largest absolute Gasteiger partial charge is 0.310 e. The normalized spacial score (nSPS) is 12.6. The Morgan fingerprint density at radius 3 is 1.42 bits per heavy atom. The second kappa shape index (κ2) is 13.0. The first kappa shape index (κ1) is 31.5. The first-order valence-corrected chi connectivity index (χ1v) is 18.1. The van der Waals surface area contributed by atoms with Crippen LogP contribution in [-0.2, 0) is 5.41 Å². The van der Waals surface area contributed by atoms with Crippen molar-refractivity contribution in [3.8, 4) is 55.6 Å². The number of anilines is 3. The lowest BCUT2D eigenvalue weighted by atomic mass is 9.82. The molecule has 0 aliphatic heterocycles. The molecular formula is C51H39N. The fourth-order valence-electron chi connectivity index (χ4n) is 7.96. The zero-order valence-corrected chi connectivity index (χ0v) is 29.5. The van der Waals surface area contributed by atoms with Crippen LogP contribution in [0.2, 0.25) is 0 Å². The lowest BCUT2D eigenvalue weighted by molar-refractivity contribution is 0.660. The maximum atomic E-state index is 2.39. The topological polar surface area (TPSA) is 3.24 Å². The molecule has 0 saturated heterocycles. The predicted octanol–water partition coefficient (Wildman–Crippen LogP) is 14.1. The molecule has 0 heterocycles. The minimum atomic E-state index is -0.0644. The molecule has 0 amide bonds. The van der Waals surface area contributed by atoms with Crippen molar-refractivity contribution in [3.63, 3.8) is 0 Å². The Morgan fingerprint density at radius 1 is 0.288 bits per heavy atom. The van der Waals surface area contributed by atoms with E-state index >= 15 is 0 Å². The highest BCUT2D eigenvalue weighted by Gasteiger charge is 2.35. The van der Waals surface area contributed by atoms with Gasteiger partial charge in [-0.3, -0.25) is 0 Å². The minimum Gasteiger partial charge on any atom is -0.310 e. The standard InChI is InChI=1S/C51H39N/c1-51(2)49-21-13-12-20-46(49)47-33-31-44(35-50(47)51)52(42-18-10-5-11-19-42)43-29-26-38(27-30-43)37-22-24-40(25-23-37)48-34-41(36-14-6-3-7-15-36)28-32-45(48)39-16-8-4-9-17-39/h3-35H,1-2H3. The van der Waals surface area contributed by atoms with Crippen LogP contribution in [-0.4, -0.2) is 0 Å². The van der Waals surface area contributed by atoms with Gasteiger partial charge in [0.25, 0.3) is 0 Å². The van der Waals surface area contributed by atoms with Crippen molar-refractivity contribution < 1.29 is 0 Å². The average Bonchev–Trinajstić information content (AvgIpc) is 3.44. The lowest BCUT2D eigenvalue weighted by Crippen LogP contribution is -2.16. The maximum absolute atomic E-state index is 2.39. The van der Waals surface area contributed by atoms with E-state index < -0.39 is 0 Å². The second-order valence-electron chi connectivity index (χ2n) is 14.2. The number of nitrogens with zero attached hydrogens (tertiary/aromatic N) is 1. The van der Waals surface area contributed by atoms with Gasteiger partial charge in [-0.05, 0) is 109 Å². The van der Waals surface area contributed by atoms with Crippen molar-refractivity contribution in [2.24, 2.45) is 0 Å². The SMILES string of the molecule is CC1(C)c2ccccc2-c2ccc(N(c3ccccc3)c3ccc(-c4ccc(-c5cc(-c6ccccc6)ccc5-c5ccccc5)cc4)cc3)cc21. The summed E-state index contributed by atoms with van der Waals surface area (Å²) in [5, 5.41) is 0. The number of fused-ring (bicyclic) bond motifs is 3. The Kier molecular flexibility index (Phi) is 7.90. The molecule has 0 radical (unpaired) electrons. The van der Waals surface area contributed by atoms with E-state index in [0.29, 0.717) is 0 Å². The number of hydrogen-bond acceptors (Lipinski definition) is 1. The van der Waals surface area contributed by atoms with Crippen molar-refractivity contribution in [1.82, 2.24) is 0 Å². The zero-order chi connectivity index (χ0) is 35.1. The van der Waals surface area contributed by atoms with Crippen molar-refractivity contribution >= 4 is 17.1 Å². The van der Waals surface area contributed by atoms with Gasteiger partial charge in [0.05, 0.1) is 0 Å². The molecule has 0 spiro atoms. The predicted molar refractivity (Wildman–Crippen MR) is 220 cm³/mol. The van der Waals surface area contributed by atoms with Gasteiger partial charge < -0.3 is 4.90 Å². The fourth-order valence-corrected chi connectivity index (χ4v) is 7.96. The van der Waals surface area contributed by atoms with E-state index in [1.54, 1.807) is 0 Å². The monoisotopic (exact) mass is 665 g/mol. The fraction of sp³-hybridized carbons (Fsp3) is 0.0588. The highest BCUT2D eigenvalue weighted by molar-refractivity contribution is 5.89. The summed E-state index contributed by atoms with van der Waals surface area (Å²) in [6, 6.07) is 72.7. The molecule has 0 N–H and O–H groups in total. The zero-order valence-electron chi connectivity index (χ0n) is 29.5. The molecule has 9 rings (SSSR count). The Labute approximate surface area is 307 Å². The second-order valence-corrected chi connectivity index (χ2v) is 14.2. The Balaban J connectivity index is 1.06. The minimum absolute atomic E-state index is 0.0644. The van der Waals surface area contributed by atoms with Crippen LogP contribution in [0, 0.1) is 0 Å². The van der Waals surface area contributed by atoms with Crippen LogP contribution in [0.1, 0.15) is 25.0 Å². The van der Waals surface area contributed by atoms with Crippen molar-refractivity contribution in [2.45, 2.75) is 19.3 Å². The quantitative estimate of drug-likeness (QED) is 0.164. The molecule has 1 heteroatoms. The van der Waals surface area contributed by atoms with E-state index in [9.17, 15) is 0 Å². The number of hydrogen-bond donors (Lipinski definition) is 0. The Hall–Kier alpha value is -6.44. The highest BCUT2D eigenvalue weighted by Crippen LogP contribution is 2.50. The van der Waals surface area contributed by atoms with Crippen molar-refractivity contribution in [1.29, 1.82) is 0 Å². The Morgan fingerprint density at radius 2 is 0.731 bits per heavy atom. The summed E-state index contributed by atoms with van der Waals surface area (Å²) in [5.41, 5.74) is 18.5. The van der Waals surface area contributed by atoms with Gasteiger partial charge in [0.1, 0.15) is 0 Å². The van der Waals surface area contributed by atoms with Gasteiger partial charge in [0.2, 0.25) is 0 Å². The summed E-state index contributed by atoms with van der Waals surface area (Å²) in [6.45, 7) is 4.69. The molecule has 0 unspecified atom stereocenters. The molecule has 1 aliphatic carbocycles. The van der Waals surface area contributed by atoms with Crippen LogP contribution in [0.15, 0.2) is 200 Å². The van der Waals surface area contributed by atoms with Crippen LogP contribution in [0.25, 0.3) is 55.6 Å². The summed E-state index contributed by atoms with van der Waals surface area (Å²) >= 11 is 0. The van der Waals surface area contributed by atoms with Crippen molar-refractivity contribution in [2.75, 3.05) is 4.90 Å². The van der Waals surface area contributed by atoms with Gasteiger partial charge in [-0.15, -0.1) is 0 Å². The maximum Gasteiger partial charge on any atom is 0.0465 e. The molecule has 8 aromatic carbocycles. The third-order valence-electron chi connectivity index (χ3n) is 10.7. The number of benzene rings is 8. The van der Waals surface area contributed by atoms with E-state index in [1.807, 2.05) is 0 Å². The number of rotatable bonds is 7. The van der Waals surface area contributed by atoms with E-state index in [4.69, 9.17) is 0 Å². The van der Waals surface area contributed by atoms with Crippen molar-refractivity contribution in [3.05, 3.63) is 211 Å². The Bertz CT molecular complexity index is 2500. The average molecular weight is 666 g/mol. The molecule has 0 aromatic heterocycles. The molecule has 0 saturated carbocycles. The van der Waals surface area contributed by atoms with Gasteiger partial charge in [0, 0.05) is 22.5 Å². The molecule has 0 atom stereocenters. The van der Waals surface area contributed by atoms with E-state index in [-0.39, 0.29) is 5.41 Å². The van der Waals surface area contributed by atoms with E-state index in [2.05, 4.69) is 219 Å². The summed E-state index contributed by atoms with van der Waals surface area (Å²) in [5.74, 6) is 0. The summed E-state index contributed by atoms with van der Waals surface area (Å²) < 4.78 is 0. The van der Waals surface area contributed by atoms with Crippen LogP contribution in [0.3, 0.4) is 0 Å². The first-order valence-electron chi connectivity index (χ1n) is 18.1. The summed E-state index contributed by atoms with van der Waals surface area (Å²) in [4.78, 5) is 2.37. The lowest BCUT2D eigenvalue weighted by Gasteiger charge is -2.28. The molecule has 0 bridgehead atoms. The van der Waals surface area contributed by atoms with Crippen LogP contribution in [0.5, 0.6) is 0 Å². The number of para-hydroxylation sites is 1. The van der Waals surface area contributed by atoms with Gasteiger partial charge >= 0.3 is 0 Å². The molecule has 8 aromatic rings. The molecule has 0 fully saturated rings. The van der Waals surface area contributed by atoms with Crippen LogP contribution >= 0.6 is 0 Å². The first-order chi connectivity index (χ1) is 25.5. The van der Waals surface area contributed by atoms with E-state index in [1.165, 1.54) is 66.8 Å². The molecule has 248 valence electrons. The molecule has 52 heavy (non-hydrogen) atoms. The molecule has 1 aliphatic rings. The van der Waals surface area contributed by atoms with Gasteiger partial charge in [-0.2, -0.15) is 0 Å². The molecular weight excluding hydrogens is 627 g/mol. The third kappa shape index (κ3) is 5.61. The van der Waals surface area contributed by atoms with Crippen LogP contribution < -0.4 is 4.90 Å². The summed E-state index contributed by atoms with van der Waals surface area (Å²) in [7, 11) is 0. The van der Waals surface area contributed by atoms with Crippen LogP contribution in [0.4, 0.5) is 17.1 Å². The van der Waals surface area contributed by atoms with Gasteiger partial charge in [-0.25, -0.2) is 0 Å². The van der Waals surface area contributed by atoms with E-state index in [0.717, 1.165) is 17.1 Å². The molecule has 1 nitrogen and oxygen atoms in total. The van der Waals surface area contributed by atoms with Gasteiger partial charge in [0.15, 0.2) is 0 Å². The smallest absolute Gasteiger partial charge is 0.0465 e. The van der Waals surface area contributed by atoms with Gasteiger partial charge in [-0.1, -0.05) is 172 Å². The highest BCUT2D eigenvalue weighted by atomic mass is 15.1. The third-order valence-corrected chi connectivity index (χ3v) is 10.7. The summed E-state index contributed by atoms with van der Waals surface area (Å²) in [6.07, 6.45) is 0.